The van der Waals surface area contributed by atoms with Crippen molar-refractivity contribution in [1.29, 1.82) is 0 Å². The zero-order chi connectivity index (χ0) is 49.2. The molecule has 17 heteroatoms. The smallest absolute Gasteiger partial charge is 0.459 e. The van der Waals surface area contributed by atoms with Gasteiger partial charge in [0.05, 0.1) is 32.6 Å². The Balaban J connectivity index is 1.16. The number of rotatable bonds is 18. The Morgan fingerprint density at radius 1 is 0.884 bits per heavy atom. The van der Waals surface area contributed by atoms with E-state index in [-0.39, 0.29) is 47.4 Å². The highest BCUT2D eigenvalue weighted by atomic mass is 31.2. The Kier molecular flexibility index (Phi) is 13.9. The topological polar surface area (TPSA) is 157 Å². The molecule has 0 spiro atoms. The number of hydrogen-bond donors (Lipinski definition) is 2. The van der Waals surface area contributed by atoms with Crippen molar-refractivity contribution in [2.24, 2.45) is 11.3 Å². The van der Waals surface area contributed by atoms with Crippen molar-refractivity contribution in [3.63, 3.8) is 0 Å². The van der Waals surface area contributed by atoms with Gasteiger partial charge >= 0.3 is 13.7 Å². The van der Waals surface area contributed by atoms with Crippen LogP contribution in [0.4, 0.5) is 14.7 Å². The van der Waals surface area contributed by atoms with Crippen LogP contribution < -0.4 is 24.4 Å². The number of alkyl halides is 2. The Morgan fingerprint density at radius 3 is 2.14 bits per heavy atom. The number of carbonyl (C=O) groups is 1. The monoisotopic (exact) mass is 962 g/mol. The third-order valence-electron chi connectivity index (χ3n) is 12.2. The van der Waals surface area contributed by atoms with Gasteiger partial charge in [-0.05, 0) is 66.5 Å². The van der Waals surface area contributed by atoms with Crippen LogP contribution in [0.5, 0.6) is 17.4 Å². The van der Waals surface area contributed by atoms with Gasteiger partial charge in [-0.2, -0.15) is 15.1 Å². The molecule has 0 bridgehead atoms. The first-order chi connectivity index (χ1) is 32.9. The number of ether oxygens (including phenoxy) is 4. The second kappa shape index (κ2) is 19.5. The normalized spacial score (nSPS) is 20.8. The molecule has 0 radical (unpaired) electrons. The van der Waals surface area contributed by atoms with Gasteiger partial charge < -0.3 is 28.8 Å². The average Bonchev–Trinajstić information content (AvgIpc) is 3.84. The molecular weight excluding hydrogens is 906 g/mol. The van der Waals surface area contributed by atoms with Crippen LogP contribution in [0.2, 0.25) is 0 Å². The summed E-state index contributed by atoms with van der Waals surface area (Å²) in [5.41, 5.74) is -1.20. The Morgan fingerprint density at radius 2 is 1.51 bits per heavy atom. The molecule has 7 aromatic rings. The maximum atomic E-state index is 17.6. The van der Waals surface area contributed by atoms with Crippen molar-refractivity contribution < 1.29 is 46.1 Å². The van der Waals surface area contributed by atoms with Crippen LogP contribution in [0.25, 0.3) is 21.9 Å². The highest BCUT2D eigenvalue weighted by Crippen LogP contribution is 2.55. The number of fused-ring (bicyclic) bond motifs is 2. The van der Waals surface area contributed by atoms with E-state index in [9.17, 15) is 9.36 Å². The minimum atomic E-state index is -4.69. The van der Waals surface area contributed by atoms with Gasteiger partial charge in [-0.3, -0.25) is 13.9 Å². The molecule has 0 aliphatic carbocycles. The minimum absolute atomic E-state index is 0.0705. The van der Waals surface area contributed by atoms with Crippen LogP contribution in [-0.4, -0.2) is 70.0 Å². The largest absolute Gasteiger partial charge is 0.497 e. The van der Waals surface area contributed by atoms with Crippen LogP contribution in [0.15, 0.2) is 134 Å². The SMILES string of the molecule is CCOc1nc(NC(c2ccccc2)(c2ccccc2)c2ccc(OC)cc2)nc2c1ncn2[C@@H]1O[C@](F)(COP(=O)(N[C@@H](C)C(=O)OCC(C)(C)C)Oc2cccc3ccccc23)[C@@H](C)[C@@]1(C)F. The van der Waals surface area contributed by atoms with E-state index in [1.807, 2.05) is 124 Å². The van der Waals surface area contributed by atoms with Crippen LogP contribution in [0, 0.1) is 11.3 Å². The summed E-state index contributed by atoms with van der Waals surface area (Å²) < 4.78 is 86.3. The summed E-state index contributed by atoms with van der Waals surface area (Å²) in [6.07, 6.45) is -0.407. The number of imidazole rings is 1. The van der Waals surface area contributed by atoms with Gasteiger partial charge in [0.1, 0.15) is 29.7 Å². The molecule has 1 unspecified atom stereocenters. The Labute approximate surface area is 400 Å². The van der Waals surface area contributed by atoms with Crippen LogP contribution in [-0.2, 0) is 28.9 Å². The average molecular weight is 963 g/mol. The summed E-state index contributed by atoms with van der Waals surface area (Å²) >= 11 is 0. The molecule has 14 nitrogen and oxygen atoms in total. The third kappa shape index (κ3) is 10.0. The maximum Gasteiger partial charge on any atom is 0.459 e. The fourth-order valence-electron chi connectivity index (χ4n) is 8.35. The number of methoxy groups -OCH3 is 1. The number of nitrogens with zero attached hydrogens (tertiary/aromatic N) is 4. The first kappa shape index (κ1) is 49.0. The second-order valence-corrected chi connectivity index (χ2v) is 20.1. The van der Waals surface area contributed by atoms with Gasteiger partial charge in [-0.15, -0.1) is 0 Å². The molecule has 6 atom stereocenters. The maximum absolute atomic E-state index is 17.6. The predicted molar refractivity (Wildman–Crippen MR) is 260 cm³/mol. The highest BCUT2D eigenvalue weighted by molar-refractivity contribution is 7.52. The van der Waals surface area contributed by atoms with E-state index in [2.05, 4.69) is 15.4 Å². The number of esters is 1. The summed E-state index contributed by atoms with van der Waals surface area (Å²) in [7, 11) is -3.09. The summed E-state index contributed by atoms with van der Waals surface area (Å²) in [5.74, 6) is -4.26. The predicted octanol–water partition coefficient (Wildman–Crippen LogP) is 11.1. The molecule has 0 amide bonds. The zero-order valence-corrected chi connectivity index (χ0v) is 40.7. The molecule has 8 rings (SSSR count). The van der Waals surface area contributed by atoms with Crippen molar-refractivity contribution >= 4 is 41.6 Å². The molecule has 1 saturated heterocycles. The zero-order valence-electron chi connectivity index (χ0n) is 39.8. The van der Waals surface area contributed by atoms with Crippen molar-refractivity contribution in [2.45, 2.75) is 77.8 Å². The van der Waals surface area contributed by atoms with Crippen LogP contribution >= 0.6 is 7.75 Å². The number of carbonyl (C=O) groups excluding carboxylic acids is 1. The number of anilines is 1. The number of aromatic nitrogens is 4. The van der Waals surface area contributed by atoms with Crippen molar-refractivity contribution in [1.82, 2.24) is 24.6 Å². The minimum Gasteiger partial charge on any atom is -0.497 e. The van der Waals surface area contributed by atoms with Crippen molar-refractivity contribution in [2.75, 3.05) is 32.2 Å². The first-order valence-corrected chi connectivity index (χ1v) is 24.3. The fraction of sp³-hybridized carbons (Fsp3) is 0.346. The van der Waals surface area contributed by atoms with Gasteiger partial charge in [0.2, 0.25) is 17.7 Å². The summed E-state index contributed by atoms with van der Waals surface area (Å²) in [6, 6.07) is 38.2. The standard InChI is InChI=1S/C52H57F2N6O8P/c1-9-64-45-43-44(56-48(57-45)58-52(37-21-12-10-13-22-37,38-23-14-11-15-24-38)39-27-29-40(63-8)30-28-39)60(33-55-43)47-50(7,53)35(3)51(54,67-47)32-66-69(62,59-34(2)46(61)65-31-49(4,5)6)68-42-26-18-20-36-19-16-17-25-41(36)42/h10-30,33-35,47H,9,31-32H2,1-8H3,(H,59,62)(H,56,57,58)/t34-,35-,47+,50+,51+,69?/m0/s1. The number of nitrogens with one attached hydrogen (secondary N) is 2. The van der Waals surface area contributed by atoms with Crippen LogP contribution in [0.3, 0.4) is 0 Å². The molecule has 2 N–H and O–H groups in total. The van der Waals surface area contributed by atoms with Gasteiger partial charge in [0.15, 0.2) is 23.1 Å². The molecule has 5 aromatic carbocycles. The number of benzene rings is 5. The van der Waals surface area contributed by atoms with E-state index in [1.54, 1.807) is 38.3 Å². The molecule has 3 heterocycles. The molecule has 1 fully saturated rings. The van der Waals surface area contributed by atoms with E-state index in [0.717, 1.165) is 22.1 Å². The van der Waals surface area contributed by atoms with E-state index in [0.29, 0.717) is 11.1 Å². The summed E-state index contributed by atoms with van der Waals surface area (Å²) in [4.78, 5) is 27.5. The molecule has 1 aliphatic rings. The fourth-order valence-corrected chi connectivity index (χ4v) is 9.88. The molecular formula is C52H57F2N6O8P. The van der Waals surface area contributed by atoms with Crippen molar-refractivity contribution in [3.05, 3.63) is 150 Å². The Hall–Kier alpha value is -6.45. The highest BCUT2D eigenvalue weighted by Gasteiger charge is 2.63. The van der Waals surface area contributed by atoms with E-state index >= 15 is 8.78 Å². The number of halogens is 2. The Bertz CT molecular complexity index is 2910. The van der Waals surface area contributed by atoms with Crippen LogP contribution in [0.1, 0.15) is 71.4 Å². The lowest BCUT2D eigenvalue weighted by atomic mass is 9.77. The van der Waals surface area contributed by atoms with Crippen molar-refractivity contribution in [3.8, 4) is 17.4 Å². The summed E-state index contributed by atoms with van der Waals surface area (Å²) in [5, 5.41) is 7.60. The lowest BCUT2D eigenvalue weighted by Crippen LogP contribution is -2.41. The van der Waals surface area contributed by atoms with Gasteiger partial charge in [-0.25, -0.2) is 18.3 Å². The molecule has 1 aliphatic heterocycles. The van der Waals surface area contributed by atoms with Gasteiger partial charge in [0.25, 0.3) is 0 Å². The van der Waals surface area contributed by atoms with Gasteiger partial charge in [0, 0.05) is 5.39 Å². The molecule has 69 heavy (non-hydrogen) atoms. The lowest BCUT2D eigenvalue weighted by molar-refractivity contribution is -0.188. The number of hydrogen-bond acceptors (Lipinski definition) is 12. The van der Waals surface area contributed by atoms with Gasteiger partial charge in [-0.1, -0.05) is 137 Å². The first-order valence-electron chi connectivity index (χ1n) is 22.7. The van der Waals surface area contributed by atoms with E-state index < -0.39 is 55.6 Å². The van der Waals surface area contributed by atoms with E-state index in [4.69, 9.17) is 38.0 Å². The molecule has 2 aromatic heterocycles. The second-order valence-electron chi connectivity index (χ2n) is 18.4. The lowest BCUT2D eigenvalue weighted by Gasteiger charge is -2.37. The quantitative estimate of drug-likeness (QED) is 0.0476. The summed E-state index contributed by atoms with van der Waals surface area (Å²) in [6.45, 7) is 10.6. The molecule has 0 saturated carbocycles. The third-order valence-corrected chi connectivity index (χ3v) is 13.8. The molecule has 362 valence electrons. The van der Waals surface area contributed by atoms with E-state index in [1.165, 1.54) is 31.7 Å².